The molecule has 0 fully saturated rings. The molecule has 21 heavy (non-hydrogen) atoms. The lowest BCUT2D eigenvalue weighted by Gasteiger charge is -2.08. The number of carboxylic acids is 1. The zero-order chi connectivity index (χ0) is 15.4. The van der Waals surface area contributed by atoms with E-state index in [1.807, 2.05) is 0 Å². The average Bonchev–Trinajstić information content (AvgIpc) is 2.47. The molecule has 0 atom stereocenters. The lowest BCUT2D eigenvalue weighted by molar-refractivity contribution is 0.0672. The van der Waals surface area contributed by atoms with Crippen LogP contribution in [0.4, 0.5) is 0 Å². The Labute approximate surface area is 118 Å². The Hall–Kier alpha value is -3.16. The molecule has 0 aliphatic carbocycles. The number of pyridine rings is 2. The number of aromatic carboxylic acids is 1. The molecule has 108 valence electrons. The molecule has 0 aliphatic rings. The summed E-state index contributed by atoms with van der Waals surface area (Å²) in [5.74, 6) is -3.07. The van der Waals surface area contributed by atoms with E-state index >= 15 is 0 Å². The number of aromatic nitrogens is 2. The summed E-state index contributed by atoms with van der Waals surface area (Å²) in [5.41, 5.74) is -0.817. The number of carbonyl (C=O) groups excluding carboxylic acids is 1. The molecule has 0 aliphatic heterocycles. The van der Waals surface area contributed by atoms with Gasteiger partial charge in [0.15, 0.2) is 28.6 Å². The third-order valence-electron chi connectivity index (χ3n) is 2.48. The summed E-state index contributed by atoms with van der Waals surface area (Å²) in [6.07, 6.45) is 2.50. The van der Waals surface area contributed by atoms with E-state index in [1.54, 1.807) is 0 Å². The van der Waals surface area contributed by atoms with Gasteiger partial charge in [-0.2, -0.15) is 0 Å². The highest BCUT2D eigenvalue weighted by molar-refractivity contribution is 5.95. The van der Waals surface area contributed by atoms with Gasteiger partial charge in [0.25, 0.3) is 0 Å². The second-order valence-corrected chi connectivity index (χ2v) is 3.76. The zero-order valence-corrected chi connectivity index (χ0v) is 10.8. The van der Waals surface area contributed by atoms with E-state index in [9.17, 15) is 14.7 Å². The van der Waals surface area contributed by atoms with E-state index in [0.29, 0.717) is 0 Å². The molecule has 0 amide bonds. The number of nitrogens with zero attached hydrogens (tertiary/aromatic N) is 2. The van der Waals surface area contributed by atoms with Crippen molar-refractivity contribution in [2.45, 2.75) is 0 Å². The van der Waals surface area contributed by atoms with Gasteiger partial charge >= 0.3 is 11.9 Å². The van der Waals surface area contributed by atoms with Crippen LogP contribution in [0.25, 0.3) is 0 Å². The highest BCUT2D eigenvalue weighted by Gasteiger charge is 2.21. The normalized spacial score (nSPS) is 9.95. The Bertz CT molecular complexity index is 701. The molecule has 8 heteroatoms. The van der Waals surface area contributed by atoms with Gasteiger partial charge in [-0.25, -0.2) is 19.6 Å². The molecule has 2 aromatic heterocycles. The number of hydrogen-bond acceptors (Lipinski definition) is 7. The van der Waals surface area contributed by atoms with Gasteiger partial charge in [-0.1, -0.05) is 0 Å². The van der Waals surface area contributed by atoms with Crippen LogP contribution in [0.3, 0.4) is 0 Å². The molecule has 8 nitrogen and oxygen atoms in total. The highest BCUT2D eigenvalue weighted by Crippen LogP contribution is 2.28. The van der Waals surface area contributed by atoms with Crippen molar-refractivity contribution in [1.82, 2.24) is 9.97 Å². The molecular weight excluding hydrogens is 280 g/mol. The van der Waals surface area contributed by atoms with Crippen molar-refractivity contribution < 1.29 is 29.3 Å². The first-order valence-electron chi connectivity index (χ1n) is 5.67. The van der Waals surface area contributed by atoms with E-state index in [2.05, 4.69) is 9.97 Å². The summed E-state index contributed by atoms with van der Waals surface area (Å²) in [6, 6.07) is 4.04. The maximum atomic E-state index is 12.0. The summed E-state index contributed by atoms with van der Waals surface area (Å²) in [5, 5.41) is 18.7. The van der Waals surface area contributed by atoms with Gasteiger partial charge < -0.3 is 19.7 Å². The van der Waals surface area contributed by atoms with Crippen LogP contribution >= 0.6 is 0 Å². The van der Waals surface area contributed by atoms with E-state index in [0.717, 1.165) is 0 Å². The van der Waals surface area contributed by atoms with Gasteiger partial charge in [0.2, 0.25) is 0 Å². The number of esters is 1. The van der Waals surface area contributed by atoms with Crippen LogP contribution in [-0.4, -0.2) is 39.2 Å². The molecule has 0 bridgehead atoms. The smallest absolute Gasteiger partial charge is 0.366 e. The number of ether oxygens (including phenoxy) is 2. The second-order valence-electron chi connectivity index (χ2n) is 3.76. The lowest BCUT2D eigenvalue weighted by atomic mass is 10.3. The molecule has 0 aromatic carbocycles. The fraction of sp³-hybridized carbons (Fsp3) is 0.0769. The van der Waals surface area contributed by atoms with Crippen LogP contribution in [0.2, 0.25) is 0 Å². The first-order chi connectivity index (χ1) is 10.0. The number of carbonyl (C=O) groups is 2. The molecule has 2 rings (SSSR count). The minimum absolute atomic E-state index is 0.0431. The number of aromatic hydroxyl groups is 1. The first kappa shape index (κ1) is 14.3. The van der Waals surface area contributed by atoms with Gasteiger partial charge in [0.05, 0.1) is 7.11 Å². The quantitative estimate of drug-likeness (QED) is 0.803. The monoisotopic (exact) mass is 290 g/mol. The van der Waals surface area contributed by atoms with Gasteiger partial charge in [-0.15, -0.1) is 0 Å². The third-order valence-corrected chi connectivity index (χ3v) is 2.48. The molecule has 2 heterocycles. The highest BCUT2D eigenvalue weighted by atomic mass is 16.5. The van der Waals surface area contributed by atoms with Crippen molar-refractivity contribution in [2.75, 3.05) is 7.11 Å². The van der Waals surface area contributed by atoms with Crippen molar-refractivity contribution >= 4 is 11.9 Å². The fourth-order valence-corrected chi connectivity index (χ4v) is 1.53. The van der Waals surface area contributed by atoms with Crippen molar-refractivity contribution in [3.63, 3.8) is 0 Å². The second kappa shape index (κ2) is 5.87. The minimum atomic E-state index is -1.35. The Morgan fingerprint density at radius 1 is 1.10 bits per heavy atom. The fourth-order valence-electron chi connectivity index (χ4n) is 1.53. The van der Waals surface area contributed by atoms with Crippen molar-refractivity contribution in [3.05, 3.63) is 42.0 Å². The molecule has 0 saturated carbocycles. The lowest BCUT2D eigenvalue weighted by Crippen LogP contribution is -2.14. The molecule has 2 N–H and O–H groups in total. The van der Waals surface area contributed by atoms with E-state index in [-0.39, 0.29) is 11.5 Å². The van der Waals surface area contributed by atoms with E-state index in [4.69, 9.17) is 14.6 Å². The predicted molar refractivity (Wildman–Crippen MR) is 68.6 cm³/mol. The Morgan fingerprint density at radius 3 is 2.48 bits per heavy atom. The maximum absolute atomic E-state index is 12.0. The average molecular weight is 290 g/mol. The van der Waals surface area contributed by atoms with Gasteiger partial charge in [0.1, 0.15) is 0 Å². The van der Waals surface area contributed by atoms with Gasteiger partial charge in [-0.05, 0) is 12.1 Å². The summed E-state index contributed by atoms with van der Waals surface area (Å²) < 4.78 is 9.76. The van der Waals surface area contributed by atoms with Crippen LogP contribution in [0.15, 0.2) is 30.6 Å². The Balaban J connectivity index is 2.33. The molecule has 0 spiro atoms. The molecule has 0 saturated heterocycles. The number of hydrogen-bond donors (Lipinski definition) is 2. The number of carboxylic acid groups (broad SMARTS) is 1. The summed E-state index contributed by atoms with van der Waals surface area (Å²) in [7, 11) is 1.31. The SMILES string of the molecule is COc1ccnc(C(=O)Oc2cccnc2C(=O)O)c1O. The summed E-state index contributed by atoms with van der Waals surface area (Å²) >= 11 is 0. The first-order valence-corrected chi connectivity index (χ1v) is 5.67. The minimum Gasteiger partial charge on any atom is -0.503 e. The van der Waals surface area contributed by atoms with Gasteiger partial charge in [0, 0.05) is 18.5 Å². The van der Waals surface area contributed by atoms with Crippen LogP contribution in [0.5, 0.6) is 17.2 Å². The molecule has 2 aromatic rings. The van der Waals surface area contributed by atoms with Crippen LogP contribution in [0, 0.1) is 0 Å². The topological polar surface area (TPSA) is 119 Å². The van der Waals surface area contributed by atoms with Gasteiger partial charge in [-0.3, -0.25) is 0 Å². The molecular formula is C13H10N2O6. The maximum Gasteiger partial charge on any atom is 0.366 e. The number of rotatable bonds is 4. The number of methoxy groups -OCH3 is 1. The molecule has 0 radical (unpaired) electrons. The summed E-state index contributed by atoms with van der Waals surface area (Å²) in [6.45, 7) is 0. The predicted octanol–water partition coefficient (Wildman–Crippen LogP) is 1.11. The van der Waals surface area contributed by atoms with E-state index in [1.165, 1.54) is 37.7 Å². The third kappa shape index (κ3) is 2.89. The van der Waals surface area contributed by atoms with Crippen LogP contribution in [0.1, 0.15) is 21.0 Å². The molecule has 0 unspecified atom stereocenters. The largest absolute Gasteiger partial charge is 0.503 e. The van der Waals surface area contributed by atoms with Crippen molar-refractivity contribution in [1.29, 1.82) is 0 Å². The van der Waals surface area contributed by atoms with Crippen LogP contribution < -0.4 is 9.47 Å². The zero-order valence-electron chi connectivity index (χ0n) is 10.8. The Kier molecular flexibility index (Phi) is 3.98. The van der Waals surface area contributed by atoms with Crippen molar-refractivity contribution in [3.8, 4) is 17.2 Å². The van der Waals surface area contributed by atoms with E-state index < -0.39 is 29.1 Å². The van der Waals surface area contributed by atoms with Crippen molar-refractivity contribution in [2.24, 2.45) is 0 Å². The van der Waals surface area contributed by atoms with Crippen LogP contribution in [-0.2, 0) is 0 Å². The Morgan fingerprint density at radius 2 is 1.81 bits per heavy atom. The summed E-state index contributed by atoms with van der Waals surface area (Å²) in [4.78, 5) is 30.2. The standard InChI is InChI=1S/C13H10N2O6/c1-20-8-4-6-15-10(11(8)16)13(19)21-7-3-2-5-14-9(7)12(17)18/h2-6,16H,1H3,(H,17,18).